The largest absolute Gasteiger partial charge is 0.465 e. The van der Waals surface area contributed by atoms with Gasteiger partial charge in [0.05, 0.1) is 23.5 Å². The molecule has 0 saturated heterocycles. The molecule has 0 amide bonds. The number of ether oxygens (including phenoxy) is 1. The minimum atomic E-state index is -0.183. The van der Waals surface area contributed by atoms with Crippen molar-refractivity contribution in [2.45, 2.75) is 38.4 Å². The first kappa shape index (κ1) is 16.1. The zero-order valence-corrected chi connectivity index (χ0v) is 15.2. The van der Waals surface area contributed by atoms with Gasteiger partial charge in [0.25, 0.3) is 5.56 Å². The van der Waals surface area contributed by atoms with Crippen molar-refractivity contribution >= 4 is 39.3 Å². The van der Waals surface area contributed by atoms with Crippen molar-refractivity contribution < 1.29 is 9.53 Å². The molecule has 2 atom stereocenters. The third-order valence-corrected chi connectivity index (χ3v) is 6.92. The Kier molecular flexibility index (Phi) is 4.39. The standard InChI is InChI=1S/C17H20N2O3S2/c1-9-5-10(9)6-22-14(20)8-23-7-13-18-16(21)15-11-3-2-4-12(11)24-17(15)19-13/h9-10H,2-8H2,1H3,(H,18,19,21)/t9-,10-/m1/s1. The normalized spacial score (nSPS) is 21.9. The van der Waals surface area contributed by atoms with Crippen molar-refractivity contribution in [2.75, 3.05) is 12.4 Å². The number of hydrogen-bond donors (Lipinski definition) is 1. The summed E-state index contributed by atoms with van der Waals surface area (Å²) in [5.74, 6) is 2.52. The Morgan fingerprint density at radius 2 is 2.29 bits per heavy atom. The summed E-state index contributed by atoms with van der Waals surface area (Å²) in [6.45, 7) is 2.72. The first-order valence-electron chi connectivity index (χ1n) is 8.38. The van der Waals surface area contributed by atoms with Gasteiger partial charge in [-0.15, -0.1) is 23.1 Å². The van der Waals surface area contributed by atoms with Crippen molar-refractivity contribution in [3.8, 4) is 0 Å². The van der Waals surface area contributed by atoms with Gasteiger partial charge in [0.15, 0.2) is 0 Å². The summed E-state index contributed by atoms with van der Waals surface area (Å²) in [6, 6.07) is 0. The highest BCUT2D eigenvalue weighted by atomic mass is 32.2. The summed E-state index contributed by atoms with van der Waals surface area (Å²) in [7, 11) is 0. The molecule has 24 heavy (non-hydrogen) atoms. The lowest BCUT2D eigenvalue weighted by atomic mass is 10.2. The molecule has 1 N–H and O–H groups in total. The van der Waals surface area contributed by atoms with Crippen LogP contribution in [0.4, 0.5) is 0 Å². The fourth-order valence-electron chi connectivity index (χ4n) is 3.22. The van der Waals surface area contributed by atoms with E-state index in [9.17, 15) is 9.59 Å². The molecular weight excluding hydrogens is 344 g/mol. The van der Waals surface area contributed by atoms with Crippen LogP contribution in [-0.4, -0.2) is 28.3 Å². The Morgan fingerprint density at radius 1 is 1.46 bits per heavy atom. The van der Waals surface area contributed by atoms with Crippen molar-refractivity contribution in [1.29, 1.82) is 0 Å². The van der Waals surface area contributed by atoms with E-state index in [1.54, 1.807) is 11.3 Å². The molecule has 0 spiro atoms. The molecule has 2 aliphatic carbocycles. The third kappa shape index (κ3) is 3.24. The lowest BCUT2D eigenvalue weighted by molar-refractivity contribution is -0.140. The molecule has 7 heteroatoms. The van der Waals surface area contributed by atoms with Gasteiger partial charge < -0.3 is 9.72 Å². The van der Waals surface area contributed by atoms with Crippen LogP contribution in [0.15, 0.2) is 4.79 Å². The lowest BCUT2D eigenvalue weighted by Gasteiger charge is -2.04. The van der Waals surface area contributed by atoms with Crippen molar-refractivity contribution in [2.24, 2.45) is 11.8 Å². The molecule has 2 heterocycles. The highest BCUT2D eigenvalue weighted by Crippen LogP contribution is 2.37. The van der Waals surface area contributed by atoms with Gasteiger partial charge in [-0.2, -0.15) is 0 Å². The summed E-state index contributed by atoms with van der Waals surface area (Å²) in [5, 5.41) is 0.777. The second kappa shape index (κ2) is 6.52. The van der Waals surface area contributed by atoms with E-state index >= 15 is 0 Å². The van der Waals surface area contributed by atoms with Gasteiger partial charge in [-0.25, -0.2) is 4.98 Å². The second-order valence-corrected chi connectivity index (χ2v) is 8.77. The van der Waals surface area contributed by atoms with Gasteiger partial charge in [0, 0.05) is 4.88 Å². The minimum Gasteiger partial charge on any atom is -0.465 e. The molecule has 1 fully saturated rings. The van der Waals surface area contributed by atoms with Gasteiger partial charge in [-0.3, -0.25) is 9.59 Å². The third-order valence-electron chi connectivity index (χ3n) is 4.82. The number of carbonyl (C=O) groups excluding carboxylic acids is 1. The van der Waals surface area contributed by atoms with Crippen LogP contribution in [0.1, 0.15) is 36.0 Å². The molecule has 128 valence electrons. The zero-order chi connectivity index (χ0) is 16.7. The molecule has 5 nitrogen and oxygen atoms in total. The number of fused-ring (bicyclic) bond motifs is 3. The number of thioether (sulfide) groups is 1. The average molecular weight is 364 g/mol. The van der Waals surface area contributed by atoms with E-state index in [0.29, 0.717) is 35.8 Å². The van der Waals surface area contributed by atoms with Crippen LogP contribution in [0.2, 0.25) is 0 Å². The highest BCUT2D eigenvalue weighted by molar-refractivity contribution is 7.99. The van der Waals surface area contributed by atoms with Crippen LogP contribution < -0.4 is 5.56 Å². The molecule has 0 bridgehead atoms. The molecule has 2 aromatic rings. The predicted octanol–water partition coefficient (Wildman–Crippen LogP) is 2.91. The lowest BCUT2D eigenvalue weighted by Crippen LogP contribution is -2.13. The maximum absolute atomic E-state index is 12.3. The van der Waals surface area contributed by atoms with E-state index in [2.05, 4.69) is 16.9 Å². The molecule has 0 aromatic carbocycles. The maximum atomic E-state index is 12.3. The number of thiophene rings is 1. The number of aromatic amines is 1. The van der Waals surface area contributed by atoms with Gasteiger partial charge in [0.1, 0.15) is 10.7 Å². The molecule has 4 rings (SSSR count). The van der Waals surface area contributed by atoms with E-state index in [1.165, 1.54) is 22.2 Å². The van der Waals surface area contributed by atoms with Crippen LogP contribution in [0.5, 0.6) is 0 Å². The SMILES string of the molecule is C[C@@H]1C[C@@H]1COC(=O)CSCc1nc2sc3c(c2c(=O)[nH]1)CCC3. The monoisotopic (exact) mass is 364 g/mol. The number of aryl methyl sites for hydroxylation is 2. The van der Waals surface area contributed by atoms with E-state index in [0.717, 1.165) is 35.9 Å². The number of esters is 1. The van der Waals surface area contributed by atoms with Gasteiger partial charge in [0.2, 0.25) is 0 Å². The number of aromatic nitrogens is 2. The van der Waals surface area contributed by atoms with E-state index in [-0.39, 0.29) is 11.5 Å². The summed E-state index contributed by atoms with van der Waals surface area (Å²) in [4.78, 5) is 33.7. The van der Waals surface area contributed by atoms with Crippen molar-refractivity contribution in [3.05, 3.63) is 26.6 Å². The Balaban J connectivity index is 1.35. The van der Waals surface area contributed by atoms with Crippen LogP contribution in [0, 0.1) is 11.8 Å². The fraction of sp³-hybridized carbons (Fsp3) is 0.588. The number of rotatable bonds is 6. The maximum Gasteiger partial charge on any atom is 0.315 e. The average Bonchev–Trinajstić information content (AvgIpc) is 2.92. The quantitative estimate of drug-likeness (QED) is 0.798. The van der Waals surface area contributed by atoms with Gasteiger partial charge in [-0.05, 0) is 43.1 Å². The number of nitrogens with one attached hydrogen (secondary N) is 1. The Labute approximate surface area is 148 Å². The number of H-pyrrole nitrogens is 1. The smallest absolute Gasteiger partial charge is 0.315 e. The second-order valence-electron chi connectivity index (χ2n) is 6.70. The molecule has 0 aliphatic heterocycles. The number of nitrogens with zero attached hydrogens (tertiary/aromatic N) is 1. The number of hydrogen-bond acceptors (Lipinski definition) is 6. The van der Waals surface area contributed by atoms with Gasteiger partial charge >= 0.3 is 5.97 Å². The summed E-state index contributed by atoms with van der Waals surface area (Å²) < 4.78 is 5.26. The topological polar surface area (TPSA) is 72.0 Å². The van der Waals surface area contributed by atoms with Crippen LogP contribution in [0.3, 0.4) is 0 Å². The highest BCUT2D eigenvalue weighted by Gasteiger charge is 2.33. The van der Waals surface area contributed by atoms with E-state index in [4.69, 9.17) is 4.74 Å². The Morgan fingerprint density at radius 3 is 3.08 bits per heavy atom. The number of carbonyl (C=O) groups is 1. The molecule has 2 aliphatic rings. The first-order valence-corrected chi connectivity index (χ1v) is 10.4. The zero-order valence-electron chi connectivity index (χ0n) is 13.6. The summed E-state index contributed by atoms with van der Waals surface area (Å²) in [5.41, 5.74) is 1.15. The fourth-order valence-corrected chi connectivity index (χ4v) is 5.18. The van der Waals surface area contributed by atoms with Crippen LogP contribution in [-0.2, 0) is 28.1 Å². The molecule has 0 unspecified atom stereocenters. The van der Waals surface area contributed by atoms with Crippen molar-refractivity contribution in [1.82, 2.24) is 9.97 Å². The van der Waals surface area contributed by atoms with Crippen LogP contribution >= 0.6 is 23.1 Å². The van der Waals surface area contributed by atoms with E-state index < -0.39 is 0 Å². The summed E-state index contributed by atoms with van der Waals surface area (Å²) in [6.07, 6.45) is 4.34. The first-order chi connectivity index (χ1) is 11.6. The predicted molar refractivity (Wildman–Crippen MR) is 96.7 cm³/mol. The van der Waals surface area contributed by atoms with Gasteiger partial charge in [-0.1, -0.05) is 6.92 Å². The van der Waals surface area contributed by atoms with E-state index in [1.807, 2.05) is 0 Å². The Hall–Kier alpha value is -1.34. The van der Waals surface area contributed by atoms with Crippen molar-refractivity contribution in [3.63, 3.8) is 0 Å². The minimum absolute atomic E-state index is 0.0414. The molecule has 1 saturated carbocycles. The molecule has 2 aromatic heterocycles. The molecule has 0 radical (unpaired) electrons. The Bertz CT molecular complexity index is 842. The van der Waals surface area contributed by atoms with Crippen LogP contribution in [0.25, 0.3) is 10.2 Å². The summed E-state index contributed by atoms with van der Waals surface area (Å²) >= 11 is 3.07. The molecular formula is C17H20N2O3S2.